The topological polar surface area (TPSA) is 54.3 Å². The van der Waals surface area contributed by atoms with Gasteiger partial charge in [0, 0.05) is 63.4 Å². The van der Waals surface area contributed by atoms with Crippen LogP contribution in [0.5, 0.6) is 0 Å². The van der Waals surface area contributed by atoms with Crippen LogP contribution >= 0.6 is 0 Å². The molecule has 3 rings (SSSR count). The molecule has 0 N–H and O–H groups in total. The largest absolute Gasteiger partial charge is 0.340 e. The van der Waals surface area contributed by atoms with Crippen LogP contribution in [0.1, 0.15) is 50.5 Å². The van der Waals surface area contributed by atoms with Gasteiger partial charge in [-0.25, -0.2) is 4.98 Å². The van der Waals surface area contributed by atoms with Gasteiger partial charge in [-0.3, -0.25) is 14.7 Å². The summed E-state index contributed by atoms with van der Waals surface area (Å²) in [5.74, 6) is 1.46. The van der Waals surface area contributed by atoms with E-state index < -0.39 is 0 Å². The summed E-state index contributed by atoms with van der Waals surface area (Å²) >= 11 is 0. The summed E-state index contributed by atoms with van der Waals surface area (Å²) in [6.45, 7) is 10.6. The number of nitrogens with zero attached hydrogens (tertiary/aromatic N) is 5. The van der Waals surface area contributed by atoms with Gasteiger partial charge in [0.05, 0.1) is 0 Å². The molecular weight excluding hydrogens is 326 g/mol. The van der Waals surface area contributed by atoms with Gasteiger partial charge in [0.2, 0.25) is 5.91 Å². The fourth-order valence-corrected chi connectivity index (χ4v) is 3.58. The highest BCUT2D eigenvalue weighted by Gasteiger charge is 2.26. The molecule has 26 heavy (non-hydrogen) atoms. The Morgan fingerprint density at radius 1 is 1.15 bits per heavy atom. The van der Waals surface area contributed by atoms with Crippen LogP contribution in [0.4, 0.5) is 0 Å². The minimum absolute atomic E-state index is 0.188. The summed E-state index contributed by atoms with van der Waals surface area (Å²) in [4.78, 5) is 26.1. The molecule has 2 aromatic heterocycles. The van der Waals surface area contributed by atoms with E-state index in [4.69, 9.17) is 0 Å². The molecule has 0 radical (unpaired) electrons. The molecule has 1 atom stereocenters. The minimum Gasteiger partial charge on any atom is -0.340 e. The first kappa shape index (κ1) is 18.6. The third-order valence-electron chi connectivity index (χ3n) is 5.02. The van der Waals surface area contributed by atoms with Crippen molar-refractivity contribution < 1.29 is 4.79 Å². The Labute approximate surface area is 155 Å². The van der Waals surface area contributed by atoms with Crippen LogP contribution < -0.4 is 0 Å². The predicted molar refractivity (Wildman–Crippen MR) is 102 cm³/mol. The third kappa shape index (κ3) is 4.30. The second-order valence-electron chi connectivity index (χ2n) is 7.34. The smallest absolute Gasteiger partial charge is 0.245 e. The molecule has 0 bridgehead atoms. The Hall–Kier alpha value is -2.21. The molecular formula is C20H29N5O. The van der Waals surface area contributed by atoms with E-state index in [1.54, 1.807) is 12.4 Å². The summed E-state index contributed by atoms with van der Waals surface area (Å²) in [5, 5.41) is 0. The fourth-order valence-electron chi connectivity index (χ4n) is 3.58. The van der Waals surface area contributed by atoms with Crippen LogP contribution in [0.2, 0.25) is 0 Å². The highest BCUT2D eigenvalue weighted by Crippen LogP contribution is 2.20. The molecule has 1 aliphatic rings. The standard InChI is InChI=1S/C20H29N5O/c1-16(2)19-22-8-11-25(19)17(3)20(26)24-10-5-9-23(12-13-24)15-18-6-4-7-21-14-18/h4,6-8,11,14,16-17H,5,9-10,12-13,15H2,1-3H3/t17-/m1/s1. The van der Waals surface area contributed by atoms with Crippen molar-refractivity contribution in [2.45, 2.75) is 45.7 Å². The summed E-state index contributed by atoms with van der Waals surface area (Å²) in [6, 6.07) is 3.87. The van der Waals surface area contributed by atoms with Crippen molar-refractivity contribution in [3.63, 3.8) is 0 Å². The highest BCUT2D eigenvalue weighted by atomic mass is 16.2. The zero-order valence-electron chi connectivity index (χ0n) is 16.0. The second kappa shape index (κ2) is 8.45. The lowest BCUT2D eigenvalue weighted by molar-refractivity contribution is -0.134. The first-order chi connectivity index (χ1) is 12.6. The number of hydrogen-bond acceptors (Lipinski definition) is 4. The van der Waals surface area contributed by atoms with E-state index in [1.807, 2.05) is 34.9 Å². The van der Waals surface area contributed by atoms with Crippen molar-refractivity contribution in [1.82, 2.24) is 24.3 Å². The molecule has 1 amide bonds. The molecule has 6 nitrogen and oxygen atoms in total. The molecule has 1 saturated heterocycles. The van der Waals surface area contributed by atoms with Crippen molar-refractivity contribution in [1.29, 1.82) is 0 Å². The van der Waals surface area contributed by atoms with Gasteiger partial charge >= 0.3 is 0 Å². The van der Waals surface area contributed by atoms with Crippen LogP contribution in [0.25, 0.3) is 0 Å². The summed E-state index contributed by atoms with van der Waals surface area (Å²) in [5.41, 5.74) is 1.22. The molecule has 1 fully saturated rings. The molecule has 2 aromatic rings. The fraction of sp³-hybridized carbons (Fsp3) is 0.550. The number of rotatable bonds is 5. The molecule has 1 aliphatic heterocycles. The third-order valence-corrected chi connectivity index (χ3v) is 5.02. The minimum atomic E-state index is -0.209. The quantitative estimate of drug-likeness (QED) is 0.827. The lowest BCUT2D eigenvalue weighted by Crippen LogP contribution is -2.39. The van der Waals surface area contributed by atoms with Crippen LogP contribution in [0, 0.1) is 0 Å². The number of imidazole rings is 1. The zero-order chi connectivity index (χ0) is 18.5. The number of pyridine rings is 1. The van der Waals surface area contributed by atoms with Gasteiger partial charge in [-0.15, -0.1) is 0 Å². The van der Waals surface area contributed by atoms with Crippen LogP contribution in [-0.2, 0) is 11.3 Å². The Kier molecular flexibility index (Phi) is 6.04. The predicted octanol–water partition coefficient (Wildman–Crippen LogP) is 2.70. The lowest BCUT2D eigenvalue weighted by Gasteiger charge is -2.26. The molecule has 6 heteroatoms. The second-order valence-corrected chi connectivity index (χ2v) is 7.34. The van der Waals surface area contributed by atoms with Crippen LogP contribution in [0.3, 0.4) is 0 Å². The van der Waals surface area contributed by atoms with Gasteiger partial charge in [0.25, 0.3) is 0 Å². The maximum absolute atomic E-state index is 13.0. The normalized spacial score (nSPS) is 17.3. The average Bonchev–Trinajstić information content (AvgIpc) is 3.03. The molecule has 3 heterocycles. The van der Waals surface area contributed by atoms with Gasteiger partial charge in [-0.05, 0) is 25.0 Å². The maximum atomic E-state index is 13.0. The Bertz CT molecular complexity index is 712. The lowest BCUT2D eigenvalue weighted by atomic mass is 10.2. The van der Waals surface area contributed by atoms with E-state index in [-0.39, 0.29) is 11.9 Å². The highest BCUT2D eigenvalue weighted by molar-refractivity contribution is 5.80. The maximum Gasteiger partial charge on any atom is 0.245 e. The van der Waals surface area contributed by atoms with E-state index in [0.717, 1.165) is 45.0 Å². The van der Waals surface area contributed by atoms with E-state index in [9.17, 15) is 4.79 Å². The van der Waals surface area contributed by atoms with Gasteiger partial charge in [0.1, 0.15) is 11.9 Å². The first-order valence-corrected chi connectivity index (χ1v) is 9.49. The Morgan fingerprint density at radius 3 is 2.73 bits per heavy atom. The van der Waals surface area contributed by atoms with E-state index in [0.29, 0.717) is 5.92 Å². The summed E-state index contributed by atoms with van der Waals surface area (Å²) in [6.07, 6.45) is 8.43. The van der Waals surface area contributed by atoms with Crippen LogP contribution in [-0.4, -0.2) is 56.4 Å². The van der Waals surface area contributed by atoms with Crippen molar-refractivity contribution >= 4 is 5.91 Å². The Balaban J connectivity index is 1.61. The molecule has 0 unspecified atom stereocenters. The SMILES string of the molecule is CC(C)c1nccn1[C@H](C)C(=O)N1CCCN(Cc2cccnc2)CC1. The van der Waals surface area contributed by atoms with E-state index >= 15 is 0 Å². The van der Waals surface area contributed by atoms with Gasteiger partial charge in [-0.2, -0.15) is 0 Å². The number of aromatic nitrogens is 3. The van der Waals surface area contributed by atoms with E-state index in [1.165, 1.54) is 5.56 Å². The van der Waals surface area contributed by atoms with E-state index in [2.05, 4.69) is 34.8 Å². The molecule has 0 saturated carbocycles. The van der Waals surface area contributed by atoms with Gasteiger partial charge in [0.15, 0.2) is 0 Å². The Morgan fingerprint density at radius 2 is 2.00 bits per heavy atom. The first-order valence-electron chi connectivity index (χ1n) is 9.49. The number of amides is 1. The monoisotopic (exact) mass is 355 g/mol. The summed E-state index contributed by atoms with van der Waals surface area (Å²) in [7, 11) is 0. The number of carbonyl (C=O) groups is 1. The van der Waals surface area contributed by atoms with Crippen molar-refractivity contribution in [3.05, 3.63) is 48.3 Å². The molecule has 0 aliphatic carbocycles. The number of hydrogen-bond donors (Lipinski definition) is 0. The summed E-state index contributed by atoms with van der Waals surface area (Å²) < 4.78 is 2.02. The van der Waals surface area contributed by atoms with Gasteiger partial charge in [-0.1, -0.05) is 19.9 Å². The molecule has 140 valence electrons. The van der Waals surface area contributed by atoms with Crippen molar-refractivity contribution in [2.24, 2.45) is 0 Å². The molecule has 0 spiro atoms. The van der Waals surface area contributed by atoms with Gasteiger partial charge < -0.3 is 9.47 Å². The zero-order valence-corrected chi connectivity index (χ0v) is 16.0. The molecule has 0 aromatic carbocycles. The van der Waals surface area contributed by atoms with Crippen LogP contribution in [0.15, 0.2) is 36.9 Å². The average molecular weight is 355 g/mol. The number of carbonyl (C=O) groups excluding carboxylic acids is 1. The van der Waals surface area contributed by atoms with Crippen molar-refractivity contribution in [3.8, 4) is 0 Å². The van der Waals surface area contributed by atoms with Crippen molar-refractivity contribution in [2.75, 3.05) is 26.2 Å².